The first-order valence-corrected chi connectivity index (χ1v) is 4.76. The van der Waals surface area contributed by atoms with Crippen molar-refractivity contribution in [1.29, 1.82) is 0 Å². The molecule has 1 nitrogen and oxygen atoms in total. The first-order chi connectivity index (χ1) is 6.53. The van der Waals surface area contributed by atoms with E-state index in [2.05, 4.69) is 0 Å². The molecule has 0 fully saturated rings. The Kier molecular flexibility index (Phi) is 3.45. The van der Waals surface area contributed by atoms with E-state index in [9.17, 15) is 8.78 Å². The molecule has 0 aromatic heterocycles. The largest absolute Gasteiger partial charge is 0.327 e. The van der Waals surface area contributed by atoms with Crippen LogP contribution in [0, 0.1) is 5.82 Å². The summed E-state index contributed by atoms with van der Waals surface area (Å²) in [6.07, 6.45) is 0.141. The van der Waals surface area contributed by atoms with Gasteiger partial charge in [0.1, 0.15) is 5.82 Å². The van der Waals surface area contributed by atoms with Crippen molar-refractivity contribution in [3.63, 3.8) is 0 Å². The van der Waals surface area contributed by atoms with Crippen LogP contribution >= 0.6 is 11.6 Å². The van der Waals surface area contributed by atoms with Gasteiger partial charge in [-0.25, -0.2) is 8.78 Å². The van der Waals surface area contributed by atoms with Crippen molar-refractivity contribution in [3.05, 3.63) is 34.6 Å². The van der Waals surface area contributed by atoms with E-state index in [1.165, 1.54) is 12.1 Å². The summed E-state index contributed by atoms with van der Waals surface area (Å²) in [7, 11) is 0. The lowest BCUT2D eigenvalue weighted by Gasteiger charge is -2.22. The maximum absolute atomic E-state index is 14.0. The minimum atomic E-state index is -1.80. The van der Waals surface area contributed by atoms with Gasteiger partial charge in [-0.1, -0.05) is 24.6 Å². The van der Waals surface area contributed by atoms with Gasteiger partial charge in [-0.2, -0.15) is 0 Å². The second-order valence-corrected chi connectivity index (χ2v) is 3.58. The number of alkyl halides is 1. The molecule has 0 amide bonds. The number of hydrogen-bond donors (Lipinski definition) is 1. The van der Waals surface area contributed by atoms with Crippen molar-refractivity contribution in [1.82, 2.24) is 0 Å². The SMILES string of the molecule is CCC(F)(CN)c1ccc(Cl)cc1F. The highest BCUT2D eigenvalue weighted by molar-refractivity contribution is 6.30. The van der Waals surface area contributed by atoms with Crippen LogP contribution in [0.3, 0.4) is 0 Å². The molecule has 1 unspecified atom stereocenters. The Hall–Kier alpha value is -0.670. The van der Waals surface area contributed by atoms with E-state index < -0.39 is 11.5 Å². The number of hydrogen-bond acceptors (Lipinski definition) is 1. The Labute approximate surface area is 86.9 Å². The molecule has 0 bridgehead atoms. The average molecular weight is 220 g/mol. The van der Waals surface area contributed by atoms with Crippen molar-refractivity contribution >= 4 is 11.6 Å². The third-order valence-electron chi connectivity index (χ3n) is 2.30. The van der Waals surface area contributed by atoms with Gasteiger partial charge in [0.15, 0.2) is 5.67 Å². The van der Waals surface area contributed by atoms with Crippen molar-refractivity contribution in [2.75, 3.05) is 6.54 Å². The van der Waals surface area contributed by atoms with E-state index in [1.54, 1.807) is 6.92 Å². The third kappa shape index (κ3) is 2.04. The van der Waals surface area contributed by atoms with Crippen LogP contribution in [0.2, 0.25) is 5.02 Å². The molecule has 1 aromatic rings. The molecule has 1 atom stereocenters. The first kappa shape index (κ1) is 11.4. The van der Waals surface area contributed by atoms with Crippen molar-refractivity contribution in [2.45, 2.75) is 19.0 Å². The van der Waals surface area contributed by atoms with Gasteiger partial charge in [-0.15, -0.1) is 0 Å². The molecular weight excluding hydrogens is 208 g/mol. The molecule has 0 aliphatic rings. The summed E-state index contributed by atoms with van der Waals surface area (Å²) in [5, 5.41) is 0.252. The summed E-state index contributed by atoms with van der Waals surface area (Å²) < 4.78 is 27.3. The van der Waals surface area contributed by atoms with Gasteiger partial charge < -0.3 is 5.73 Å². The normalized spacial score (nSPS) is 15.2. The Morgan fingerprint density at radius 3 is 2.57 bits per heavy atom. The maximum Gasteiger partial charge on any atom is 0.150 e. The fourth-order valence-corrected chi connectivity index (χ4v) is 1.46. The predicted octanol–water partition coefficient (Wildman–Crippen LogP) is 3.01. The van der Waals surface area contributed by atoms with E-state index >= 15 is 0 Å². The second kappa shape index (κ2) is 4.24. The van der Waals surface area contributed by atoms with Gasteiger partial charge in [-0.3, -0.25) is 0 Å². The van der Waals surface area contributed by atoms with Crippen molar-refractivity contribution < 1.29 is 8.78 Å². The maximum atomic E-state index is 14.0. The van der Waals surface area contributed by atoms with Gasteiger partial charge in [-0.05, 0) is 18.6 Å². The molecule has 1 rings (SSSR count). The lowest BCUT2D eigenvalue weighted by atomic mass is 9.93. The molecule has 0 aliphatic heterocycles. The van der Waals surface area contributed by atoms with Crippen LogP contribution in [0.15, 0.2) is 18.2 Å². The molecular formula is C10H12ClF2N. The molecule has 0 heterocycles. The summed E-state index contributed by atoms with van der Waals surface area (Å²) in [4.78, 5) is 0. The van der Waals surface area contributed by atoms with Crippen molar-refractivity contribution in [2.24, 2.45) is 5.73 Å². The van der Waals surface area contributed by atoms with E-state index in [-0.39, 0.29) is 23.6 Å². The Morgan fingerprint density at radius 2 is 2.14 bits per heavy atom. The van der Waals surface area contributed by atoms with Crippen LogP contribution in [0.25, 0.3) is 0 Å². The number of rotatable bonds is 3. The van der Waals surface area contributed by atoms with Crippen LogP contribution in [0.1, 0.15) is 18.9 Å². The summed E-state index contributed by atoms with van der Waals surface area (Å²) >= 11 is 5.56. The molecule has 1 aromatic carbocycles. The highest BCUT2D eigenvalue weighted by Crippen LogP contribution is 2.31. The topological polar surface area (TPSA) is 26.0 Å². The molecule has 4 heteroatoms. The zero-order valence-electron chi connectivity index (χ0n) is 7.86. The Balaban J connectivity index is 3.17. The van der Waals surface area contributed by atoms with E-state index in [1.807, 2.05) is 0 Å². The first-order valence-electron chi connectivity index (χ1n) is 4.38. The number of halogens is 3. The van der Waals surface area contributed by atoms with Gasteiger partial charge in [0.25, 0.3) is 0 Å². The molecule has 14 heavy (non-hydrogen) atoms. The van der Waals surface area contributed by atoms with Crippen LogP contribution in [0.5, 0.6) is 0 Å². The molecule has 0 radical (unpaired) electrons. The van der Waals surface area contributed by atoms with Gasteiger partial charge in [0, 0.05) is 17.1 Å². The monoisotopic (exact) mass is 219 g/mol. The zero-order chi connectivity index (χ0) is 10.8. The fraction of sp³-hybridized carbons (Fsp3) is 0.400. The Morgan fingerprint density at radius 1 is 1.50 bits per heavy atom. The molecule has 78 valence electrons. The molecule has 0 saturated heterocycles. The van der Waals surface area contributed by atoms with Crippen LogP contribution < -0.4 is 5.73 Å². The van der Waals surface area contributed by atoms with Crippen LogP contribution in [-0.2, 0) is 5.67 Å². The summed E-state index contributed by atoms with van der Waals surface area (Å²) in [5.41, 5.74) is 3.46. The number of nitrogens with two attached hydrogens (primary N) is 1. The molecule has 0 aliphatic carbocycles. The van der Waals surface area contributed by atoms with Crippen LogP contribution in [0.4, 0.5) is 8.78 Å². The highest BCUT2D eigenvalue weighted by atomic mass is 35.5. The van der Waals surface area contributed by atoms with Gasteiger partial charge in [0.05, 0.1) is 0 Å². The smallest absolute Gasteiger partial charge is 0.150 e. The van der Waals surface area contributed by atoms with E-state index in [4.69, 9.17) is 17.3 Å². The Bertz CT molecular complexity index is 324. The average Bonchev–Trinajstić information content (AvgIpc) is 2.17. The van der Waals surface area contributed by atoms with Gasteiger partial charge in [0.2, 0.25) is 0 Å². The van der Waals surface area contributed by atoms with E-state index in [0.717, 1.165) is 6.07 Å². The van der Waals surface area contributed by atoms with Crippen LogP contribution in [-0.4, -0.2) is 6.54 Å². The number of benzene rings is 1. The predicted molar refractivity (Wildman–Crippen MR) is 53.5 cm³/mol. The second-order valence-electron chi connectivity index (χ2n) is 3.15. The highest BCUT2D eigenvalue weighted by Gasteiger charge is 2.31. The lowest BCUT2D eigenvalue weighted by molar-refractivity contribution is 0.163. The van der Waals surface area contributed by atoms with Crippen molar-refractivity contribution in [3.8, 4) is 0 Å². The lowest BCUT2D eigenvalue weighted by Crippen LogP contribution is -2.30. The van der Waals surface area contributed by atoms with E-state index in [0.29, 0.717) is 0 Å². The standard InChI is InChI=1S/C10H12ClF2N/c1-2-10(13,6-14)8-4-3-7(11)5-9(8)12/h3-5H,2,6,14H2,1H3. The minimum Gasteiger partial charge on any atom is -0.327 e. The molecule has 2 N–H and O–H groups in total. The zero-order valence-corrected chi connectivity index (χ0v) is 8.61. The quantitative estimate of drug-likeness (QED) is 0.831. The van der Waals surface area contributed by atoms with Gasteiger partial charge >= 0.3 is 0 Å². The fourth-order valence-electron chi connectivity index (χ4n) is 1.30. The third-order valence-corrected chi connectivity index (χ3v) is 2.53. The molecule has 0 spiro atoms. The summed E-state index contributed by atoms with van der Waals surface area (Å²) in [6, 6.07) is 3.89. The summed E-state index contributed by atoms with van der Waals surface area (Å²) in [6.45, 7) is 1.39. The molecule has 0 saturated carbocycles. The minimum absolute atomic E-state index is 0.0214. The summed E-state index contributed by atoms with van der Waals surface area (Å²) in [5.74, 6) is -0.646.